The van der Waals surface area contributed by atoms with Crippen LogP contribution >= 0.6 is 11.6 Å². The molecule has 0 aromatic heterocycles. The molecular weight excluding hydrogens is 376 g/mol. The average molecular weight is 394 g/mol. The van der Waals surface area contributed by atoms with Gasteiger partial charge in [-0.25, -0.2) is 13.6 Å². The molecule has 1 N–H and O–H groups in total. The Balaban J connectivity index is 1.67. The molecule has 3 rings (SSSR count). The van der Waals surface area contributed by atoms with E-state index in [0.717, 1.165) is 24.8 Å². The molecule has 142 valence electrons. The van der Waals surface area contributed by atoms with Gasteiger partial charge >= 0.3 is 5.97 Å². The van der Waals surface area contributed by atoms with E-state index in [9.17, 15) is 18.4 Å². The Kier molecular flexibility index (Phi) is 5.75. The second-order valence-corrected chi connectivity index (χ2v) is 6.85. The fourth-order valence-electron chi connectivity index (χ4n) is 3.15. The molecule has 0 fully saturated rings. The van der Waals surface area contributed by atoms with Crippen molar-refractivity contribution in [1.29, 1.82) is 0 Å². The number of fused-ring (bicyclic) bond motifs is 1. The summed E-state index contributed by atoms with van der Waals surface area (Å²) in [6, 6.07) is 9.06. The highest BCUT2D eigenvalue weighted by molar-refractivity contribution is 6.33. The Bertz CT molecular complexity index is 888. The third-order valence-electron chi connectivity index (χ3n) is 4.57. The number of halogens is 3. The number of ether oxygens (including phenoxy) is 1. The van der Waals surface area contributed by atoms with Crippen LogP contribution in [0.2, 0.25) is 5.02 Å². The van der Waals surface area contributed by atoms with E-state index in [-0.39, 0.29) is 16.6 Å². The number of hydrogen-bond donors (Lipinski definition) is 1. The molecule has 0 unspecified atom stereocenters. The zero-order valence-electron chi connectivity index (χ0n) is 14.6. The monoisotopic (exact) mass is 393 g/mol. The molecule has 0 heterocycles. The Morgan fingerprint density at radius 2 is 1.93 bits per heavy atom. The summed E-state index contributed by atoms with van der Waals surface area (Å²) in [6.45, 7) is 1.41. The third kappa shape index (κ3) is 4.27. The molecule has 1 amide bonds. The zero-order valence-corrected chi connectivity index (χ0v) is 15.4. The number of nitrogens with one attached hydrogen (secondary N) is 1. The van der Waals surface area contributed by atoms with Crippen LogP contribution in [-0.4, -0.2) is 18.0 Å². The topological polar surface area (TPSA) is 55.4 Å². The van der Waals surface area contributed by atoms with E-state index in [0.29, 0.717) is 12.1 Å². The van der Waals surface area contributed by atoms with E-state index < -0.39 is 29.6 Å². The first-order valence-corrected chi connectivity index (χ1v) is 8.98. The van der Waals surface area contributed by atoms with Crippen molar-refractivity contribution in [2.75, 3.05) is 0 Å². The third-order valence-corrected chi connectivity index (χ3v) is 4.88. The number of carbonyl (C=O) groups is 2. The van der Waals surface area contributed by atoms with Crippen LogP contribution in [0, 0.1) is 11.6 Å². The average Bonchev–Trinajstić information content (AvgIpc) is 2.64. The lowest BCUT2D eigenvalue weighted by molar-refractivity contribution is -0.130. The van der Waals surface area contributed by atoms with Crippen LogP contribution in [-0.2, 0) is 16.0 Å². The predicted molar refractivity (Wildman–Crippen MR) is 96.5 cm³/mol. The Morgan fingerprint density at radius 3 is 2.70 bits per heavy atom. The minimum absolute atomic E-state index is 0.157. The quantitative estimate of drug-likeness (QED) is 0.620. The second-order valence-electron chi connectivity index (χ2n) is 6.45. The first kappa shape index (κ1) is 19.3. The largest absolute Gasteiger partial charge is 0.449 e. The van der Waals surface area contributed by atoms with Crippen molar-refractivity contribution < 1.29 is 23.1 Å². The molecule has 0 aliphatic heterocycles. The van der Waals surface area contributed by atoms with Gasteiger partial charge in [0.2, 0.25) is 0 Å². The molecule has 1 aliphatic rings. The number of benzene rings is 2. The lowest BCUT2D eigenvalue weighted by Gasteiger charge is -2.27. The first-order chi connectivity index (χ1) is 12.9. The summed E-state index contributed by atoms with van der Waals surface area (Å²) >= 11 is 5.76. The molecule has 0 spiro atoms. The van der Waals surface area contributed by atoms with Gasteiger partial charge in [-0.15, -0.1) is 0 Å². The molecule has 0 radical (unpaired) electrons. The van der Waals surface area contributed by atoms with Gasteiger partial charge in [0.25, 0.3) is 5.91 Å². The van der Waals surface area contributed by atoms with Crippen molar-refractivity contribution in [3.8, 4) is 0 Å². The van der Waals surface area contributed by atoms with Crippen molar-refractivity contribution in [3.63, 3.8) is 0 Å². The van der Waals surface area contributed by atoms with Gasteiger partial charge in [-0.1, -0.05) is 35.9 Å². The summed E-state index contributed by atoms with van der Waals surface area (Å²) in [5.74, 6) is -3.85. The van der Waals surface area contributed by atoms with Gasteiger partial charge in [-0.3, -0.25) is 4.79 Å². The van der Waals surface area contributed by atoms with Gasteiger partial charge in [0.1, 0.15) is 0 Å². The van der Waals surface area contributed by atoms with Gasteiger partial charge in [0.05, 0.1) is 16.6 Å². The molecule has 2 atom stereocenters. The Hall–Kier alpha value is -2.47. The van der Waals surface area contributed by atoms with Crippen LogP contribution in [0.4, 0.5) is 8.78 Å². The lowest BCUT2D eigenvalue weighted by atomic mass is 9.87. The number of aryl methyl sites for hydroxylation is 1. The van der Waals surface area contributed by atoms with Gasteiger partial charge in [0, 0.05) is 0 Å². The summed E-state index contributed by atoms with van der Waals surface area (Å²) in [6.07, 6.45) is 1.58. The van der Waals surface area contributed by atoms with Gasteiger partial charge in [0.15, 0.2) is 17.7 Å². The fraction of sp³-hybridized carbons (Fsp3) is 0.300. The highest BCUT2D eigenvalue weighted by Crippen LogP contribution is 2.29. The van der Waals surface area contributed by atoms with Crippen LogP contribution in [0.25, 0.3) is 0 Å². The maximum Gasteiger partial charge on any atom is 0.340 e. The summed E-state index contributed by atoms with van der Waals surface area (Å²) in [5, 5.41) is 2.60. The van der Waals surface area contributed by atoms with Gasteiger partial charge in [-0.05, 0) is 49.4 Å². The predicted octanol–water partition coefficient (Wildman–Crippen LogP) is 4.36. The van der Waals surface area contributed by atoms with Crippen molar-refractivity contribution in [2.24, 2.45) is 0 Å². The van der Waals surface area contributed by atoms with E-state index in [4.69, 9.17) is 16.3 Å². The summed E-state index contributed by atoms with van der Waals surface area (Å²) in [4.78, 5) is 24.6. The number of carbonyl (C=O) groups excluding carboxylic acids is 2. The van der Waals surface area contributed by atoms with E-state index in [1.54, 1.807) is 0 Å². The molecule has 0 saturated carbocycles. The number of rotatable bonds is 4. The molecule has 27 heavy (non-hydrogen) atoms. The molecule has 7 heteroatoms. The Morgan fingerprint density at radius 1 is 1.22 bits per heavy atom. The molecule has 2 aromatic rings. The molecule has 0 bridgehead atoms. The van der Waals surface area contributed by atoms with E-state index >= 15 is 0 Å². The van der Waals surface area contributed by atoms with E-state index in [1.807, 2.05) is 24.3 Å². The molecule has 0 saturated heterocycles. The lowest BCUT2D eigenvalue weighted by Crippen LogP contribution is -2.39. The Labute approximate surface area is 160 Å². The van der Waals surface area contributed by atoms with Crippen LogP contribution in [0.15, 0.2) is 36.4 Å². The molecule has 4 nitrogen and oxygen atoms in total. The first-order valence-electron chi connectivity index (χ1n) is 8.60. The van der Waals surface area contributed by atoms with Crippen LogP contribution in [0.5, 0.6) is 0 Å². The summed E-state index contributed by atoms with van der Waals surface area (Å²) < 4.78 is 31.5. The molecule has 1 aliphatic carbocycles. The molecular formula is C20H18ClF2NO3. The van der Waals surface area contributed by atoms with E-state index in [1.165, 1.54) is 12.5 Å². The minimum atomic E-state index is -1.22. The van der Waals surface area contributed by atoms with Crippen LogP contribution < -0.4 is 5.32 Å². The SMILES string of the molecule is C[C@@H](OC(=O)c1cc(F)c(F)cc1Cl)C(=O)N[C@H]1CCCc2ccccc21. The summed E-state index contributed by atoms with van der Waals surface area (Å²) in [5.41, 5.74) is 1.91. The van der Waals surface area contributed by atoms with Crippen LogP contribution in [0.3, 0.4) is 0 Å². The van der Waals surface area contributed by atoms with Crippen molar-refractivity contribution in [1.82, 2.24) is 5.32 Å². The van der Waals surface area contributed by atoms with Crippen LogP contribution in [0.1, 0.15) is 47.3 Å². The maximum atomic E-state index is 13.3. The van der Waals surface area contributed by atoms with Gasteiger partial charge < -0.3 is 10.1 Å². The number of amides is 1. The number of esters is 1. The van der Waals surface area contributed by atoms with Crippen molar-refractivity contribution >= 4 is 23.5 Å². The highest BCUT2D eigenvalue weighted by atomic mass is 35.5. The standard InChI is InChI=1S/C20H18ClF2NO3/c1-11(27-20(26)14-9-16(22)17(23)10-15(14)21)19(25)24-18-8-4-6-12-5-2-3-7-13(12)18/h2-3,5,7,9-11,18H,4,6,8H2,1H3,(H,24,25)/t11-,18+/m1/s1. The smallest absolute Gasteiger partial charge is 0.340 e. The highest BCUT2D eigenvalue weighted by Gasteiger charge is 2.26. The fourth-order valence-corrected chi connectivity index (χ4v) is 3.38. The van der Waals surface area contributed by atoms with Crippen molar-refractivity contribution in [2.45, 2.75) is 38.3 Å². The maximum absolute atomic E-state index is 13.3. The zero-order chi connectivity index (χ0) is 19.6. The summed E-state index contributed by atoms with van der Waals surface area (Å²) in [7, 11) is 0. The van der Waals surface area contributed by atoms with E-state index in [2.05, 4.69) is 5.32 Å². The molecule has 2 aromatic carbocycles. The van der Waals surface area contributed by atoms with Crippen molar-refractivity contribution in [3.05, 3.63) is 69.7 Å². The second kappa shape index (κ2) is 8.05. The normalized spacial score (nSPS) is 17.0. The number of hydrogen-bond acceptors (Lipinski definition) is 3. The van der Waals surface area contributed by atoms with Gasteiger partial charge in [-0.2, -0.15) is 0 Å². The minimum Gasteiger partial charge on any atom is -0.449 e.